The molecule has 0 amide bonds. The van der Waals surface area contributed by atoms with E-state index in [-0.39, 0.29) is 21.1 Å². The summed E-state index contributed by atoms with van der Waals surface area (Å²) in [5.41, 5.74) is 6.02. The van der Waals surface area contributed by atoms with Crippen molar-refractivity contribution in [1.82, 2.24) is 19.6 Å². The van der Waals surface area contributed by atoms with Crippen LogP contribution in [0.15, 0.2) is 97.3 Å². The van der Waals surface area contributed by atoms with Crippen molar-refractivity contribution >= 4 is 21.8 Å². The largest absolute Gasteiger partial charge is 2.00 e. The zero-order valence-corrected chi connectivity index (χ0v) is 19.3. The van der Waals surface area contributed by atoms with Crippen LogP contribution < -0.4 is 0 Å². The number of hydrogen-bond acceptors (Lipinski definition) is 2. The number of fused-ring (bicyclic) bond motifs is 2. The van der Waals surface area contributed by atoms with E-state index in [0.29, 0.717) is 0 Å². The average Bonchev–Trinajstić information content (AvgIpc) is 3.44. The molecule has 0 aliphatic carbocycles. The summed E-state index contributed by atoms with van der Waals surface area (Å²) in [6.07, 6.45) is 4.82. The fraction of sp³-hybridized carbons (Fsp3) is 0.0370. The van der Waals surface area contributed by atoms with Gasteiger partial charge in [0, 0.05) is 23.2 Å². The van der Waals surface area contributed by atoms with Crippen molar-refractivity contribution in [3.8, 4) is 11.4 Å². The van der Waals surface area contributed by atoms with Gasteiger partial charge >= 0.3 is 21.1 Å². The predicted octanol–water partition coefficient (Wildman–Crippen LogP) is 5.55. The zero-order valence-electron chi connectivity index (χ0n) is 17.0. The summed E-state index contributed by atoms with van der Waals surface area (Å²) >= 11 is 0. The minimum Gasteiger partial charge on any atom is -0.264 e. The SMILES string of the molecule is [Pt+2].[c-]1c(Cc2[c-]c(-n3cc4ccccc4n3)ccc2)cccc1-n1cc2ccccc2n1. The van der Waals surface area contributed by atoms with Crippen LogP contribution >= 0.6 is 0 Å². The third kappa shape index (κ3) is 3.90. The van der Waals surface area contributed by atoms with E-state index in [4.69, 9.17) is 0 Å². The van der Waals surface area contributed by atoms with Gasteiger partial charge < -0.3 is 0 Å². The third-order valence-electron chi connectivity index (χ3n) is 5.38. The maximum Gasteiger partial charge on any atom is 2.00 e. The maximum atomic E-state index is 4.67. The van der Waals surface area contributed by atoms with Gasteiger partial charge in [0.1, 0.15) is 0 Å². The molecule has 4 aromatic carbocycles. The number of benzene rings is 4. The molecule has 156 valence electrons. The Morgan fingerprint density at radius 3 is 1.50 bits per heavy atom. The average molecular weight is 594 g/mol. The Balaban J connectivity index is 0.00000216. The standard InChI is InChI=1S/C27H18N4.Pt/c1-3-13-26-22(9-1)18-30(28-26)24-11-5-7-20(16-24)15-21-8-6-12-25(17-21)31-19-23-10-2-4-14-27(23)29-31;/h1-14,18-19H,15H2;/q-2;+2. The van der Waals surface area contributed by atoms with Gasteiger partial charge in [-0.3, -0.25) is 9.36 Å². The Kier molecular flexibility index (Phi) is 5.46. The molecule has 0 fully saturated rings. The Morgan fingerprint density at radius 2 is 1.03 bits per heavy atom. The second kappa shape index (κ2) is 8.56. The second-order valence-electron chi connectivity index (χ2n) is 7.56. The molecule has 32 heavy (non-hydrogen) atoms. The molecule has 0 bridgehead atoms. The van der Waals surface area contributed by atoms with E-state index in [1.165, 1.54) is 0 Å². The van der Waals surface area contributed by atoms with Gasteiger partial charge in [0.25, 0.3) is 0 Å². The first-order valence-electron chi connectivity index (χ1n) is 10.2. The molecule has 4 nitrogen and oxygen atoms in total. The molecule has 0 unspecified atom stereocenters. The smallest absolute Gasteiger partial charge is 0.264 e. The Morgan fingerprint density at radius 1 is 0.562 bits per heavy atom. The van der Waals surface area contributed by atoms with E-state index in [1.807, 2.05) is 70.3 Å². The van der Waals surface area contributed by atoms with Gasteiger partial charge in [0.05, 0.1) is 11.0 Å². The molecule has 2 aromatic heterocycles. The molecular formula is C27H18N4Pt. The van der Waals surface area contributed by atoms with E-state index in [1.54, 1.807) is 0 Å². The van der Waals surface area contributed by atoms with Crippen molar-refractivity contribution in [1.29, 1.82) is 0 Å². The van der Waals surface area contributed by atoms with Crippen molar-refractivity contribution in [2.75, 3.05) is 0 Å². The zero-order chi connectivity index (χ0) is 20.6. The van der Waals surface area contributed by atoms with Crippen LogP contribution in [0.4, 0.5) is 0 Å². The molecule has 5 heteroatoms. The molecule has 6 aromatic rings. The van der Waals surface area contributed by atoms with Gasteiger partial charge in [-0.05, 0) is 29.9 Å². The number of hydrogen-bond donors (Lipinski definition) is 0. The Hall–Kier alpha value is -3.49. The molecular weight excluding hydrogens is 575 g/mol. The van der Waals surface area contributed by atoms with E-state index < -0.39 is 0 Å². The molecule has 0 atom stereocenters. The van der Waals surface area contributed by atoms with Crippen molar-refractivity contribution in [3.63, 3.8) is 0 Å². The van der Waals surface area contributed by atoms with Crippen molar-refractivity contribution in [2.45, 2.75) is 6.42 Å². The van der Waals surface area contributed by atoms with Gasteiger partial charge in [-0.15, -0.1) is 12.1 Å². The Labute approximate surface area is 200 Å². The topological polar surface area (TPSA) is 35.6 Å². The summed E-state index contributed by atoms with van der Waals surface area (Å²) in [6, 6.07) is 35.6. The summed E-state index contributed by atoms with van der Waals surface area (Å²) in [7, 11) is 0. The van der Waals surface area contributed by atoms with Crippen LogP contribution in [0, 0.1) is 12.1 Å². The summed E-state index contributed by atoms with van der Waals surface area (Å²) < 4.78 is 3.78. The fourth-order valence-corrected chi connectivity index (χ4v) is 3.86. The predicted molar refractivity (Wildman–Crippen MR) is 123 cm³/mol. The molecule has 0 saturated carbocycles. The van der Waals surface area contributed by atoms with Crippen molar-refractivity contribution in [3.05, 3.63) is 121 Å². The van der Waals surface area contributed by atoms with Crippen molar-refractivity contribution in [2.24, 2.45) is 0 Å². The van der Waals surface area contributed by atoms with E-state index in [0.717, 1.165) is 50.7 Å². The minimum absolute atomic E-state index is 0. The molecule has 2 heterocycles. The monoisotopic (exact) mass is 593 g/mol. The molecule has 6 rings (SSSR count). The van der Waals surface area contributed by atoms with E-state index in [9.17, 15) is 0 Å². The molecule has 0 aliphatic heterocycles. The number of nitrogens with zero attached hydrogens (tertiary/aromatic N) is 4. The molecule has 0 spiro atoms. The quantitative estimate of drug-likeness (QED) is 0.251. The first-order valence-corrected chi connectivity index (χ1v) is 10.2. The van der Waals surface area contributed by atoms with E-state index in [2.05, 4.69) is 58.7 Å². The van der Waals surface area contributed by atoms with Gasteiger partial charge in [-0.25, -0.2) is 0 Å². The first-order chi connectivity index (χ1) is 15.3. The normalized spacial score (nSPS) is 11.0. The fourth-order valence-electron chi connectivity index (χ4n) is 3.86. The van der Waals surface area contributed by atoms with Crippen LogP contribution in [0.3, 0.4) is 0 Å². The maximum absolute atomic E-state index is 4.67. The van der Waals surface area contributed by atoms with Crippen LogP contribution in [-0.4, -0.2) is 19.6 Å². The van der Waals surface area contributed by atoms with E-state index >= 15 is 0 Å². The number of aromatic nitrogens is 4. The van der Waals surface area contributed by atoms with Gasteiger partial charge in [-0.2, -0.15) is 57.7 Å². The summed E-state index contributed by atoms with van der Waals surface area (Å²) in [6.45, 7) is 0. The summed E-state index contributed by atoms with van der Waals surface area (Å²) in [4.78, 5) is 0. The van der Waals surface area contributed by atoms with Crippen LogP contribution in [0.1, 0.15) is 11.1 Å². The molecule has 0 saturated heterocycles. The molecule has 0 radical (unpaired) electrons. The molecule has 0 N–H and O–H groups in total. The molecule has 0 aliphatic rings. The van der Waals surface area contributed by atoms with Crippen molar-refractivity contribution < 1.29 is 21.1 Å². The van der Waals surface area contributed by atoms with Gasteiger partial charge in [0.2, 0.25) is 0 Å². The third-order valence-corrected chi connectivity index (χ3v) is 5.38. The Bertz CT molecular complexity index is 1350. The number of rotatable bonds is 4. The van der Waals surface area contributed by atoms with Crippen LogP contribution in [0.2, 0.25) is 0 Å². The second-order valence-corrected chi connectivity index (χ2v) is 7.56. The van der Waals surface area contributed by atoms with Crippen LogP contribution in [0.5, 0.6) is 0 Å². The van der Waals surface area contributed by atoms with Crippen LogP contribution in [0.25, 0.3) is 33.2 Å². The van der Waals surface area contributed by atoms with Gasteiger partial charge in [-0.1, -0.05) is 36.4 Å². The summed E-state index contributed by atoms with van der Waals surface area (Å²) in [5, 5.41) is 11.6. The first kappa shape index (κ1) is 20.4. The van der Waals surface area contributed by atoms with Crippen LogP contribution in [-0.2, 0) is 27.5 Å². The summed E-state index contributed by atoms with van der Waals surface area (Å²) in [5.74, 6) is 0. The minimum atomic E-state index is 0. The van der Waals surface area contributed by atoms with Gasteiger partial charge in [0.15, 0.2) is 0 Å².